The molecule has 0 aliphatic rings. The second-order valence-electron chi connectivity index (χ2n) is 3.88. The summed E-state index contributed by atoms with van der Waals surface area (Å²) >= 11 is 0. The molecule has 3 nitrogen and oxygen atoms in total. The zero-order chi connectivity index (χ0) is 13.6. The van der Waals surface area contributed by atoms with Crippen LogP contribution in [0.4, 0.5) is 13.2 Å². The van der Waals surface area contributed by atoms with Crippen LogP contribution in [0.1, 0.15) is 23.7 Å². The molecular formula is C12H13F3N2O. The Morgan fingerprint density at radius 3 is 2.56 bits per heavy atom. The van der Waals surface area contributed by atoms with E-state index in [0.717, 1.165) is 6.21 Å². The molecule has 18 heavy (non-hydrogen) atoms. The van der Waals surface area contributed by atoms with Crippen molar-refractivity contribution in [3.05, 3.63) is 35.9 Å². The zero-order valence-electron chi connectivity index (χ0n) is 9.74. The molecule has 0 fully saturated rings. The van der Waals surface area contributed by atoms with Crippen molar-refractivity contribution in [2.24, 2.45) is 11.0 Å². The van der Waals surface area contributed by atoms with Crippen LogP contribution in [0, 0.1) is 5.92 Å². The van der Waals surface area contributed by atoms with Gasteiger partial charge in [0.15, 0.2) is 0 Å². The van der Waals surface area contributed by atoms with Crippen LogP contribution < -0.4 is 5.43 Å². The molecule has 1 amide bonds. The van der Waals surface area contributed by atoms with Crippen molar-refractivity contribution in [1.82, 2.24) is 5.43 Å². The van der Waals surface area contributed by atoms with Crippen LogP contribution in [0.5, 0.6) is 0 Å². The van der Waals surface area contributed by atoms with Crippen molar-refractivity contribution >= 4 is 12.1 Å². The Bertz CT molecular complexity index is 415. The number of halogens is 3. The van der Waals surface area contributed by atoms with Gasteiger partial charge < -0.3 is 0 Å². The molecule has 1 aromatic carbocycles. The van der Waals surface area contributed by atoms with Gasteiger partial charge in [-0.15, -0.1) is 0 Å². The summed E-state index contributed by atoms with van der Waals surface area (Å²) in [5, 5.41) is 3.51. The Kier molecular flexibility index (Phi) is 4.88. The van der Waals surface area contributed by atoms with E-state index in [9.17, 15) is 18.0 Å². The van der Waals surface area contributed by atoms with E-state index in [0.29, 0.717) is 5.56 Å². The maximum atomic E-state index is 12.0. The second-order valence-corrected chi connectivity index (χ2v) is 3.88. The minimum Gasteiger partial charge on any atom is -0.267 e. The predicted octanol–water partition coefficient (Wildman–Crippen LogP) is 2.99. The first-order valence-electron chi connectivity index (χ1n) is 5.34. The molecule has 1 unspecified atom stereocenters. The third-order valence-corrected chi connectivity index (χ3v) is 2.08. The standard InChI is InChI=1S/C12H13F3N2O/c1-9(7-12(13,14)15)8-16-17-11(18)10-5-3-2-4-6-10/h2-6,8-9H,7H2,1H3,(H,17,18). The summed E-state index contributed by atoms with van der Waals surface area (Å²) in [6.07, 6.45) is -4.11. The van der Waals surface area contributed by atoms with Gasteiger partial charge in [0.05, 0.1) is 6.42 Å². The maximum absolute atomic E-state index is 12.0. The quantitative estimate of drug-likeness (QED) is 0.654. The zero-order valence-corrected chi connectivity index (χ0v) is 9.74. The van der Waals surface area contributed by atoms with E-state index < -0.39 is 24.4 Å². The van der Waals surface area contributed by atoms with Gasteiger partial charge in [-0.05, 0) is 12.1 Å². The highest BCUT2D eigenvalue weighted by atomic mass is 19.4. The fourth-order valence-corrected chi connectivity index (χ4v) is 1.30. The number of amides is 1. The number of carbonyl (C=O) groups is 1. The first-order chi connectivity index (χ1) is 8.38. The highest BCUT2D eigenvalue weighted by molar-refractivity contribution is 5.94. The number of rotatable bonds is 4. The number of hydrogen-bond acceptors (Lipinski definition) is 2. The largest absolute Gasteiger partial charge is 0.389 e. The van der Waals surface area contributed by atoms with Gasteiger partial charge in [-0.3, -0.25) is 4.79 Å². The topological polar surface area (TPSA) is 41.5 Å². The number of nitrogens with one attached hydrogen (secondary N) is 1. The highest BCUT2D eigenvalue weighted by Gasteiger charge is 2.29. The van der Waals surface area contributed by atoms with Gasteiger partial charge in [-0.2, -0.15) is 18.3 Å². The number of nitrogens with zero attached hydrogens (tertiary/aromatic N) is 1. The molecule has 0 radical (unpaired) electrons. The first-order valence-corrected chi connectivity index (χ1v) is 5.34. The molecule has 0 bridgehead atoms. The van der Waals surface area contributed by atoms with Crippen LogP contribution >= 0.6 is 0 Å². The summed E-state index contributed by atoms with van der Waals surface area (Å²) in [5.74, 6) is -1.23. The van der Waals surface area contributed by atoms with Gasteiger partial charge in [0.1, 0.15) is 0 Å². The molecule has 1 rings (SSSR count). The van der Waals surface area contributed by atoms with Gasteiger partial charge in [0.25, 0.3) is 5.91 Å². The van der Waals surface area contributed by atoms with Crippen molar-refractivity contribution in [2.45, 2.75) is 19.5 Å². The van der Waals surface area contributed by atoms with Gasteiger partial charge in [-0.25, -0.2) is 5.43 Å². The second kappa shape index (κ2) is 6.18. The van der Waals surface area contributed by atoms with Gasteiger partial charge in [0.2, 0.25) is 0 Å². The van der Waals surface area contributed by atoms with Crippen LogP contribution in [0.2, 0.25) is 0 Å². The molecule has 98 valence electrons. The fourth-order valence-electron chi connectivity index (χ4n) is 1.30. The van der Waals surface area contributed by atoms with Gasteiger partial charge in [0, 0.05) is 17.7 Å². The highest BCUT2D eigenvalue weighted by Crippen LogP contribution is 2.23. The Morgan fingerprint density at radius 1 is 1.39 bits per heavy atom. The number of alkyl halides is 3. The molecule has 0 saturated heterocycles. The monoisotopic (exact) mass is 258 g/mol. The smallest absolute Gasteiger partial charge is 0.267 e. The Morgan fingerprint density at radius 2 is 2.00 bits per heavy atom. The Labute approximate surface area is 103 Å². The van der Waals surface area contributed by atoms with Crippen LogP contribution in [-0.2, 0) is 0 Å². The molecule has 0 aliphatic carbocycles. The van der Waals surface area contributed by atoms with Crippen molar-refractivity contribution in [2.75, 3.05) is 0 Å². The normalized spacial score (nSPS) is 13.6. The Balaban J connectivity index is 2.43. The minimum absolute atomic E-state index is 0.401. The van der Waals surface area contributed by atoms with E-state index in [4.69, 9.17) is 0 Å². The summed E-state index contributed by atoms with van der Waals surface area (Å²) in [4.78, 5) is 11.5. The lowest BCUT2D eigenvalue weighted by Gasteiger charge is -2.08. The number of carbonyl (C=O) groups excluding carboxylic acids is 1. The molecule has 0 aromatic heterocycles. The maximum Gasteiger partial charge on any atom is 0.389 e. The van der Waals surface area contributed by atoms with Crippen LogP contribution in [0.25, 0.3) is 0 Å². The fraction of sp³-hybridized carbons (Fsp3) is 0.333. The summed E-state index contributed by atoms with van der Waals surface area (Å²) in [6.45, 7) is 1.38. The molecule has 1 atom stereocenters. The molecule has 1 N–H and O–H groups in total. The van der Waals surface area contributed by atoms with Gasteiger partial charge in [-0.1, -0.05) is 25.1 Å². The average molecular weight is 258 g/mol. The third kappa shape index (κ3) is 5.47. The summed E-state index contributed by atoms with van der Waals surface area (Å²) in [6, 6.07) is 8.30. The van der Waals surface area contributed by atoms with Crippen LogP contribution in [-0.4, -0.2) is 18.3 Å². The molecule has 0 aliphatic heterocycles. The number of benzene rings is 1. The minimum atomic E-state index is -4.23. The van der Waals surface area contributed by atoms with Crippen LogP contribution in [0.15, 0.2) is 35.4 Å². The average Bonchev–Trinajstić information content (AvgIpc) is 2.27. The van der Waals surface area contributed by atoms with Crippen molar-refractivity contribution in [3.8, 4) is 0 Å². The van der Waals surface area contributed by atoms with E-state index in [1.54, 1.807) is 30.3 Å². The van der Waals surface area contributed by atoms with Crippen molar-refractivity contribution < 1.29 is 18.0 Å². The first kappa shape index (κ1) is 14.2. The van der Waals surface area contributed by atoms with E-state index in [2.05, 4.69) is 10.5 Å². The molecular weight excluding hydrogens is 245 g/mol. The lowest BCUT2D eigenvalue weighted by Crippen LogP contribution is -2.19. The number of hydrazone groups is 1. The van der Waals surface area contributed by atoms with E-state index in [-0.39, 0.29) is 0 Å². The van der Waals surface area contributed by atoms with Crippen LogP contribution in [0.3, 0.4) is 0 Å². The Hall–Kier alpha value is -1.85. The van der Waals surface area contributed by atoms with Crippen molar-refractivity contribution in [1.29, 1.82) is 0 Å². The molecule has 1 aromatic rings. The molecule has 0 heterocycles. The van der Waals surface area contributed by atoms with E-state index in [1.165, 1.54) is 6.92 Å². The lowest BCUT2D eigenvalue weighted by atomic mass is 10.1. The van der Waals surface area contributed by atoms with E-state index in [1.807, 2.05) is 0 Å². The molecule has 6 heteroatoms. The third-order valence-electron chi connectivity index (χ3n) is 2.08. The predicted molar refractivity (Wildman–Crippen MR) is 62.2 cm³/mol. The molecule has 0 saturated carbocycles. The summed E-state index contributed by atoms with van der Waals surface area (Å²) < 4.78 is 36.0. The number of hydrogen-bond donors (Lipinski definition) is 1. The SMILES string of the molecule is CC(C=NNC(=O)c1ccccc1)CC(F)(F)F. The lowest BCUT2D eigenvalue weighted by molar-refractivity contribution is -0.138. The molecule has 0 spiro atoms. The van der Waals surface area contributed by atoms with E-state index >= 15 is 0 Å². The summed E-state index contributed by atoms with van der Waals surface area (Å²) in [7, 11) is 0. The van der Waals surface area contributed by atoms with Crippen molar-refractivity contribution in [3.63, 3.8) is 0 Å². The van der Waals surface area contributed by atoms with Gasteiger partial charge >= 0.3 is 6.18 Å². The summed E-state index contributed by atoms with van der Waals surface area (Å²) in [5.41, 5.74) is 2.58.